The number of aromatic nitrogens is 3. The van der Waals surface area contributed by atoms with Crippen LogP contribution in [0.5, 0.6) is 0 Å². The molecule has 0 saturated heterocycles. The number of hydrogen-bond acceptors (Lipinski definition) is 5. The van der Waals surface area contributed by atoms with Gasteiger partial charge in [0, 0.05) is 32.0 Å². The van der Waals surface area contributed by atoms with Crippen LogP contribution in [0.3, 0.4) is 0 Å². The first-order chi connectivity index (χ1) is 8.83. The van der Waals surface area contributed by atoms with Crippen LogP contribution in [0.1, 0.15) is 18.2 Å². The molecule has 2 heterocycles. The van der Waals surface area contributed by atoms with E-state index in [0.717, 1.165) is 24.6 Å². The van der Waals surface area contributed by atoms with E-state index < -0.39 is 0 Å². The molecular formula is C13H17N5. The van der Waals surface area contributed by atoms with Gasteiger partial charge in [0.1, 0.15) is 5.82 Å². The van der Waals surface area contributed by atoms with Crippen LogP contribution < -0.4 is 10.6 Å². The lowest BCUT2D eigenvalue weighted by Crippen LogP contribution is -2.23. The predicted molar refractivity (Wildman–Crippen MR) is 70.9 cm³/mol. The summed E-state index contributed by atoms with van der Waals surface area (Å²) in [5.41, 5.74) is 7.52. The molecule has 0 amide bonds. The zero-order chi connectivity index (χ0) is 12.8. The minimum atomic E-state index is 0.420. The molecule has 5 nitrogen and oxygen atoms in total. The summed E-state index contributed by atoms with van der Waals surface area (Å²) in [4.78, 5) is 14.8. The third-order valence-electron chi connectivity index (χ3n) is 2.73. The van der Waals surface area contributed by atoms with Gasteiger partial charge >= 0.3 is 0 Å². The second-order valence-electron chi connectivity index (χ2n) is 3.94. The smallest absolute Gasteiger partial charge is 0.147 e. The molecule has 2 N–H and O–H groups in total. The van der Waals surface area contributed by atoms with E-state index in [1.807, 2.05) is 12.1 Å². The molecule has 0 saturated carbocycles. The summed E-state index contributed by atoms with van der Waals surface area (Å²) in [6, 6.07) is 4.01. The largest absolute Gasteiger partial charge is 0.351 e. The van der Waals surface area contributed by atoms with Crippen LogP contribution in [-0.4, -0.2) is 21.5 Å². The van der Waals surface area contributed by atoms with E-state index in [1.54, 1.807) is 24.8 Å². The normalized spacial score (nSPS) is 10.3. The van der Waals surface area contributed by atoms with Gasteiger partial charge in [-0.15, -0.1) is 0 Å². The summed E-state index contributed by atoms with van der Waals surface area (Å²) in [6.45, 7) is 4.19. The molecule has 0 unspecified atom stereocenters. The predicted octanol–water partition coefficient (Wildman–Crippen LogP) is 1.36. The van der Waals surface area contributed by atoms with Crippen molar-refractivity contribution in [3.63, 3.8) is 0 Å². The summed E-state index contributed by atoms with van der Waals surface area (Å²) < 4.78 is 0. The number of nitrogens with two attached hydrogens (primary N) is 1. The van der Waals surface area contributed by atoms with Gasteiger partial charge in [-0.25, -0.2) is 4.98 Å². The monoisotopic (exact) mass is 243 g/mol. The first-order valence-electron chi connectivity index (χ1n) is 5.98. The van der Waals surface area contributed by atoms with Crippen LogP contribution >= 0.6 is 0 Å². The molecule has 0 bridgehead atoms. The molecular weight excluding hydrogens is 226 g/mol. The van der Waals surface area contributed by atoms with Crippen molar-refractivity contribution in [2.45, 2.75) is 20.0 Å². The Bertz CT molecular complexity index is 469. The van der Waals surface area contributed by atoms with Gasteiger partial charge in [0.05, 0.1) is 18.1 Å². The highest BCUT2D eigenvalue weighted by Crippen LogP contribution is 2.12. The van der Waals surface area contributed by atoms with Gasteiger partial charge in [0.2, 0.25) is 0 Å². The maximum Gasteiger partial charge on any atom is 0.147 e. The molecule has 0 fully saturated rings. The van der Waals surface area contributed by atoms with Crippen LogP contribution in [0.15, 0.2) is 36.9 Å². The third kappa shape index (κ3) is 3.01. The summed E-state index contributed by atoms with van der Waals surface area (Å²) in [7, 11) is 0. The molecule has 18 heavy (non-hydrogen) atoms. The SMILES string of the molecule is CCN(Cc1ccncc1)c1cnc(CN)cn1. The maximum atomic E-state index is 5.51. The molecule has 0 aliphatic heterocycles. The molecule has 0 aliphatic carbocycles. The van der Waals surface area contributed by atoms with Crippen molar-refractivity contribution in [3.05, 3.63) is 48.2 Å². The summed E-state index contributed by atoms with van der Waals surface area (Å²) in [5, 5.41) is 0. The van der Waals surface area contributed by atoms with E-state index in [0.29, 0.717) is 6.54 Å². The van der Waals surface area contributed by atoms with Gasteiger partial charge in [-0.2, -0.15) is 0 Å². The highest BCUT2D eigenvalue weighted by Gasteiger charge is 2.07. The van der Waals surface area contributed by atoms with Crippen molar-refractivity contribution in [1.82, 2.24) is 15.0 Å². The van der Waals surface area contributed by atoms with Crippen LogP contribution in [0, 0.1) is 0 Å². The Labute approximate surface area is 107 Å². The van der Waals surface area contributed by atoms with Crippen molar-refractivity contribution < 1.29 is 0 Å². The lowest BCUT2D eigenvalue weighted by atomic mass is 10.2. The Kier molecular flexibility index (Phi) is 4.20. The fraction of sp³-hybridized carbons (Fsp3) is 0.308. The Hall–Kier alpha value is -2.01. The second-order valence-corrected chi connectivity index (χ2v) is 3.94. The molecule has 0 aromatic carbocycles. The van der Waals surface area contributed by atoms with Gasteiger partial charge in [0.15, 0.2) is 0 Å². The van der Waals surface area contributed by atoms with Crippen LogP contribution in [-0.2, 0) is 13.1 Å². The van der Waals surface area contributed by atoms with Crippen molar-refractivity contribution >= 4 is 5.82 Å². The van der Waals surface area contributed by atoms with Gasteiger partial charge in [-0.1, -0.05) is 0 Å². The molecule has 2 aromatic rings. The molecule has 2 aromatic heterocycles. The molecule has 0 spiro atoms. The molecule has 5 heteroatoms. The summed E-state index contributed by atoms with van der Waals surface area (Å²) in [5.74, 6) is 0.867. The Morgan fingerprint density at radius 2 is 1.94 bits per heavy atom. The van der Waals surface area contributed by atoms with Crippen LogP contribution in [0.2, 0.25) is 0 Å². The standard InChI is InChI=1S/C13H17N5/c1-2-18(10-11-3-5-15-6-4-11)13-9-16-12(7-14)8-17-13/h3-6,8-9H,2,7,10,14H2,1H3. The van der Waals surface area contributed by atoms with Crippen molar-refractivity contribution in [3.8, 4) is 0 Å². The van der Waals surface area contributed by atoms with E-state index in [-0.39, 0.29) is 0 Å². The fourth-order valence-electron chi connectivity index (χ4n) is 1.68. The zero-order valence-corrected chi connectivity index (χ0v) is 10.5. The number of pyridine rings is 1. The van der Waals surface area contributed by atoms with E-state index in [9.17, 15) is 0 Å². The van der Waals surface area contributed by atoms with Crippen LogP contribution in [0.4, 0.5) is 5.82 Å². The topological polar surface area (TPSA) is 67.9 Å². The second kappa shape index (κ2) is 6.07. The third-order valence-corrected chi connectivity index (χ3v) is 2.73. The Morgan fingerprint density at radius 3 is 2.50 bits per heavy atom. The van der Waals surface area contributed by atoms with Gasteiger partial charge < -0.3 is 10.6 Å². The number of nitrogens with zero attached hydrogens (tertiary/aromatic N) is 4. The van der Waals surface area contributed by atoms with Crippen molar-refractivity contribution in [2.24, 2.45) is 5.73 Å². The van der Waals surface area contributed by atoms with Crippen molar-refractivity contribution in [1.29, 1.82) is 0 Å². The summed E-state index contributed by atoms with van der Waals surface area (Å²) >= 11 is 0. The van der Waals surface area contributed by atoms with E-state index in [4.69, 9.17) is 5.73 Å². The molecule has 94 valence electrons. The maximum absolute atomic E-state index is 5.51. The summed E-state index contributed by atoms with van der Waals surface area (Å²) in [6.07, 6.45) is 7.09. The van der Waals surface area contributed by atoms with Crippen molar-refractivity contribution in [2.75, 3.05) is 11.4 Å². The number of hydrogen-bond donors (Lipinski definition) is 1. The molecule has 2 rings (SSSR count). The average Bonchev–Trinajstić information content (AvgIpc) is 2.46. The zero-order valence-electron chi connectivity index (χ0n) is 10.5. The van der Waals surface area contributed by atoms with Gasteiger partial charge in [-0.05, 0) is 24.6 Å². The van der Waals surface area contributed by atoms with E-state index in [2.05, 4.69) is 26.8 Å². The highest BCUT2D eigenvalue weighted by molar-refractivity contribution is 5.36. The van der Waals surface area contributed by atoms with E-state index >= 15 is 0 Å². The lowest BCUT2D eigenvalue weighted by Gasteiger charge is -2.21. The lowest BCUT2D eigenvalue weighted by molar-refractivity contribution is 0.802. The molecule has 0 radical (unpaired) electrons. The molecule has 0 atom stereocenters. The number of rotatable bonds is 5. The fourth-order valence-corrected chi connectivity index (χ4v) is 1.68. The quantitative estimate of drug-likeness (QED) is 0.858. The van der Waals surface area contributed by atoms with E-state index in [1.165, 1.54) is 5.56 Å². The number of anilines is 1. The minimum absolute atomic E-state index is 0.420. The first kappa shape index (κ1) is 12.4. The van der Waals surface area contributed by atoms with Crippen LogP contribution in [0.25, 0.3) is 0 Å². The van der Waals surface area contributed by atoms with Gasteiger partial charge in [-0.3, -0.25) is 9.97 Å². The Balaban J connectivity index is 2.12. The first-order valence-corrected chi connectivity index (χ1v) is 5.98. The highest BCUT2D eigenvalue weighted by atomic mass is 15.2. The minimum Gasteiger partial charge on any atom is -0.351 e. The average molecular weight is 243 g/mol. The Morgan fingerprint density at radius 1 is 1.17 bits per heavy atom. The molecule has 0 aliphatic rings. The van der Waals surface area contributed by atoms with Gasteiger partial charge in [0.25, 0.3) is 0 Å².